The maximum absolute atomic E-state index is 12.7. The van der Waals surface area contributed by atoms with Gasteiger partial charge in [0.15, 0.2) is 0 Å². The second kappa shape index (κ2) is 9.94. The molecule has 0 bridgehead atoms. The molecule has 5 aromatic rings. The van der Waals surface area contributed by atoms with Crippen LogP contribution in [0.4, 0.5) is 0 Å². The predicted octanol–water partition coefficient (Wildman–Crippen LogP) is 4.45. The summed E-state index contributed by atoms with van der Waals surface area (Å²) < 4.78 is 1.80. The molecular weight excluding hydrogens is 458 g/mol. The van der Waals surface area contributed by atoms with Crippen LogP contribution in [0.3, 0.4) is 0 Å². The Kier molecular flexibility index (Phi) is 6.40. The molecule has 0 aliphatic carbocycles. The molecule has 5 rings (SSSR count). The van der Waals surface area contributed by atoms with Gasteiger partial charge in [-0.05, 0) is 47.4 Å². The van der Waals surface area contributed by atoms with E-state index in [4.69, 9.17) is 0 Å². The first-order chi connectivity index (χ1) is 17.1. The van der Waals surface area contributed by atoms with E-state index >= 15 is 0 Å². The van der Waals surface area contributed by atoms with Crippen LogP contribution < -0.4 is 4.80 Å². The molecule has 3 aromatic carbocycles. The molecule has 1 amide bonds. The molecule has 174 valence electrons. The Morgan fingerprint density at radius 3 is 2.43 bits per heavy atom. The van der Waals surface area contributed by atoms with Gasteiger partial charge in [0.2, 0.25) is 10.6 Å². The van der Waals surface area contributed by atoms with E-state index in [0.29, 0.717) is 22.7 Å². The largest absolute Gasteiger partial charge is 0.279 e. The van der Waals surface area contributed by atoms with Gasteiger partial charge >= 0.3 is 0 Å². The summed E-state index contributed by atoms with van der Waals surface area (Å²) in [6.07, 6.45) is 0.782. The second-order valence-corrected chi connectivity index (χ2v) is 9.09. The van der Waals surface area contributed by atoms with E-state index in [2.05, 4.69) is 55.0 Å². The third-order valence-electron chi connectivity index (χ3n) is 5.57. The lowest BCUT2D eigenvalue weighted by atomic mass is 9.98. The Balaban J connectivity index is 1.42. The Bertz CT molecular complexity index is 1520. The average molecular weight is 482 g/mol. The van der Waals surface area contributed by atoms with E-state index in [-0.39, 0.29) is 5.91 Å². The van der Waals surface area contributed by atoms with Gasteiger partial charge in [0.1, 0.15) is 5.01 Å². The lowest BCUT2D eigenvalue weighted by molar-refractivity contribution is 0.0997. The summed E-state index contributed by atoms with van der Waals surface area (Å²) in [5, 5.41) is 20.0. The van der Waals surface area contributed by atoms with Crippen molar-refractivity contribution in [3.05, 3.63) is 99.3 Å². The Hall–Kier alpha value is -4.24. The smallest absolute Gasteiger partial charge is 0.267 e. The lowest BCUT2D eigenvalue weighted by Gasteiger charge is -2.08. The number of benzene rings is 3. The van der Waals surface area contributed by atoms with Crippen molar-refractivity contribution in [3.8, 4) is 22.5 Å². The molecule has 9 heteroatoms. The van der Waals surface area contributed by atoms with Gasteiger partial charge in [-0.2, -0.15) is 15.3 Å². The van der Waals surface area contributed by atoms with Crippen LogP contribution in [0, 0.1) is 6.92 Å². The Morgan fingerprint density at radius 1 is 1.00 bits per heavy atom. The molecule has 0 saturated heterocycles. The zero-order valence-electron chi connectivity index (χ0n) is 19.3. The van der Waals surface area contributed by atoms with Crippen molar-refractivity contribution in [3.63, 3.8) is 0 Å². The van der Waals surface area contributed by atoms with Gasteiger partial charge in [-0.25, -0.2) is 4.68 Å². The van der Waals surface area contributed by atoms with Crippen LogP contribution in [0.1, 0.15) is 33.4 Å². The van der Waals surface area contributed by atoms with Gasteiger partial charge in [0.25, 0.3) is 5.91 Å². The van der Waals surface area contributed by atoms with Crippen LogP contribution in [-0.2, 0) is 13.0 Å². The molecule has 2 heterocycles. The number of hydrogen-bond donors (Lipinski definition) is 1. The molecule has 0 radical (unpaired) electrons. The quantitative estimate of drug-likeness (QED) is 0.386. The van der Waals surface area contributed by atoms with Gasteiger partial charge in [0, 0.05) is 11.1 Å². The first kappa shape index (κ1) is 22.5. The van der Waals surface area contributed by atoms with Crippen molar-refractivity contribution in [2.75, 3.05) is 0 Å². The third kappa shape index (κ3) is 4.99. The number of nitrogens with zero attached hydrogens (tertiary/aromatic N) is 6. The molecule has 8 nitrogen and oxygen atoms in total. The SMILES string of the molecule is CCc1nn(Cc2ccc(-c3ccccc3-c3nn[nH]n3)cc2)c(=NC(=O)c2ccc(C)cc2)s1. The summed E-state index contributed by atoms with van der Waals surface area (Å²) in [4.78, 5) is 17.7. The number of rotatable bonds is 6. The van der Waals surface area contributed by atoms with Crippen LogP contribution in [-0.4, -0.2) is 36.3 Å². The minimum atomic E-state index is -0.265. The predicted molar refractivity (Wildman–Crippen MR) is 135 cm³/mol. The number of aromatic nitrogens is 6. The molecule has 35 heavy (non-hydrogen) atoms. The zero-order chi connectivity index (χ0) is 24.2. The third-order valence-corrected chi connectivity index (χ3v) is 6.66. The summed E-state index contributed by atoms with van der Waals surface area (Å²) in [7, 11) is 0. The highest BCUT2D eigenvalue weighted by atomic mass is 32.1. The van der Waals surface area contributed by atoms with Gasteiger partial charge in [-0.3, -0.25) is 4.79 Å². The number of H-pyrrole nitrogens is 1. The molecule has 0 unspecified atom stereocenters. The summed E-state index contributed by atoms with van der Waals surface area (Å²) in [6.45, 7) is 4.55. The highest BCUT2D eigenvalue weighted by Crippen LogP contribution is 2.29. The molecule has 0 spiro atoms. The van der Waals surface area contributed by atoms with E-state index < -0.39 is 0 Å². The number of carbonyl (C=O) groups excluding carboxylic acids is 1. The van der Waals surface area contributed by atoms with Crippen molar-refractivity contribution in [1.29, 1.82) is 0 Å². The van der Waals surface area contributed by atoms with Gasteiger partial charge in [-0.15, -0.1) is 10.2 Å². The van der Waals surface area contributed by atoms with Gasteiger partial charge in [0.05, 0.1) is 6.54 Å². The molecule has 0 fully saturated rings. The molecular formula is C26H23N7OS. The van der Waals surface area contributed by atoms with E-state index in [9.17, 15) is 4.79 Å². The second-order valence-electron chi connectivity index (χ2n) is 8.05. The monoisotopic (exact) mass is 481 g/mol. The number of amides is 1. The van der Waals surface area contributed by atoms with E-state index in [0.717, 1.165) is 39.2 Å². The highest BCUT2D eigenvalue weighted by Gasteiger charge is 2.12. The van der Waals surface area contributed by atoms with E-state index in [1.165, 1.54) is 11.3 Å². The van der Waals surface area contributed by atoms with Crippen molar-refractivity contribution >= 4 is 17.2 Å². The fraction of sp³-hybridized carbons (Fsp3) is 0.154. The van der Waals surface area contributed by atoms with Crippen molar-refractivity contribution in [2.24, 2.45) is 4.99 Å². The minimum Gasteiger partial charge on any atom is -0.267 e. The number of aromatic amines is 1. The molecule has 0 aliphatic heterocycles. The molecule has 0 atom stereocenters. The zero-order valence-corrected chi connectivity index (χ0v) is 20.2. The lowest BCUT2D eigenvalue weighted by Crippen LogP contribution is -2.19. The van der Waals surface area contributed by atoms with Crippen LogP contribution in [0.15, 0.2) is 77.8 Å². The fourth-order valence-electron chi connectivity index (χ4n) is 3.70. The van der Waals surface area contributed by atoms with Gasteiger partial charge < -0.3 is 0 Å². The van der Waals surface area contributed by atoms with Crippen LogP contribution >= 0.6 is 11.3 Å². The fourth-order valence-corrected chi connectivity index (χ4v) is 4.53. The van der Waals surface area contributed by atoms with Crippen molar-refractivity contribution in [1.82, 2.24) is 30.4 Å². The number of aryl methyl sites for hydroxylation is 2. The molecule has 1 N–H and O–H groups in total. The first-order valence-corrected chi connectivity index (χ1v) is 12.1. The summed E-state index contributed by atoms with van der Waals surface area (Å²) in [6, 6.07) is 23.7. The molecule has 0 saturated carbocycles. The molecule has 0 aliphatic rings. The standard InChI is InChI=1S/C26H23N7OS/c1-3-23-30-33(26(35-23)27-25(34)20-12-8-17(2)9-13-20)16-18-10-14-19(15-11-18)21-6-4-5-7-22(21)24-28-31-32-29-24/h4-15H,3,16H2,1-2H3,(H,28,29,31,32). The van der Waals surface area contributed by atoms with Crippen LogP contribution in [0.25, 0.3) is 22.5 Å². The number of tetrazole rings is 1. The topological polar surface area (TPSA) is 102 Å². The highest BCUT2D eigenvalue weighted by molar-refractivity contribution is 7.08. The summed E-state index contributed by atoms with van der Waals surface area (Å²) >= 11 is 1.45. The summed E-state index contributed by atoms with van der Waals surface area (Å²) in [5.74, 6) is 0.290. The van der Waals surface area contributed by atoms with Crippen molar-refractivity contribution < 1.29 is 4.79 Å². The average Bonchev–Trinajstić information content (AvgIpc) is 3.55. The Morgan fingerprint density at radius 2 is 1.74 bits per heavy atom. The Labute approximate surface area is 206 Å². The minimum absolute atomic E-state index is 0.265. The van der Waals surface area contributed by atoms with E-state index in [1.54, 1.807) is 16.8 Å². The maximum atomic E-state index is 12.7. The first-order valence-electron chi connectivity index (χ1n) is 11.3. The summed E-state index contributed by atoms with van der Waals surface area (Å²) in [5.41, 5.74) is 5.71. The van der Waals surface area contributed by atoms with Crippen molar-refractivity contribution in [2.45, 2.75) is 26.8 Å². The maximum Gasteiger partial charge on any atom is 0.279 e. The van der Waals surface area contributed by atoms with Crippen LogP contribution in [0.2, 0.25) is 0 Å². The van der Waals surface area contributed by atoms with Gasteiger partial charge in [-0.1, -0.05) is 84.5 Å². The normalized spacial score (nSPS) is 11.7. The van der Waals surface area contributed by atoms with E-state index in [1.807, 2.05) is 50.2 Å². The number of hydrogen-bond acceptors (Lipinski definition) is 6. The number of nitrogens with one attached hydrogen (secondary N) is 1. The number of carbonyl (C=O) groups is 1. The van der Waals surface area contributed by atoms with Crippen LogP contribution in [0.5, 0.6) is 0 Å². The molecule has 2 aromatic heterocycles.